The smallest absolute Gasteiger partial charge is 0.132 e. The van der Waals surface area contributed by atoms with E-state index in [4.69, 9.17) is 5.73 Å². The Bertz CT molecular complexity index is 512. The van der Waals surface area contributed by atoms with E-state index < -0.39 is 0 Å². The number of hydrogen-bond acceptors (Lipinski definition) is 5. The van der Waals surface area contributed by atoms with Crippen molar-refractivity contribution in [3.63, 3.8) is 0 Å². The molecule has 0 saturated carbocycles. The van der Waals surface area contributed by atoms with Crippen LogP contribution in [0.15, 0.2) is 36.4 Å². The minimum absolute atomic E-state index is 0.579. The van der Waals surface area contributed by atoms with E-state index in [1.165, 1.54) is 5.56 Å². The SMILES string of the molecule is Cc1nc(NCCN)cc(NCc2ccccc2)n1. The lowest BCUT2D eigenvalue weighted by Crippen LogP contribution is -2.14. The van der Waals surface area contributed by atoms with Gasteiger partial charge in [-0.3, -0.25) is 0 Å². The zero-order valence-electron chi connectivity index (χ0n) is 11.1. The number of aryl methyl sites for hydroxylation is 1. The fourth-order valence-corrected chi connectivity index (χ4v) is 1.74. The molecule has 0 radical (unpaired) electrons. The average molecular weight is 257 g/mol. The Kier molecular flexibility index (Phi) is 4.69. The van der Waals surface area contributed by atoms with Gasteiger partial charge in [-0.15, -0.1) is 0 Å². The zero-order valence-corrected chi connectivity index (χ0v) is 11.1. The molecule has 2 rings (SSSR count). The van der Waals surface area contributed by atoms with Crippen LogP contribution >= 0.6 is 0 Å². The number of rotatable bonds is 6. The lowest BCUT2D eigenvalue weighted by Gasteiger charge is -2.09. The second kappa shape index (κ2) is 6.70. The maximum absolute atomic E-state index is 5.47. The molecule has 5 nitrogen and oxygen atoms in total. The van der Waals surface area contributed by atoms with Crippen molar-refractivity contribution in [2.75, 3.05) is 23.7 Å². The van der Waals surface area contributed by atoms with Gasteiger partial charge in [-0.25, -0.2) is 9.97 Å². The molecule has 0 aliphatic rings. The number of benzene rings is 1. The molecule has 1 aromatic heterocycles. The highest BCUT2D eigenvalue weighted by Gasteiger charge is 2.01. The van der Waals surface area contributed by atoms with Crippen LogP contribution in [0.3, 0.4) is 0 Å². The Morgan fingerprint density at radius 3 is 2.42 bits per heavy atom. The summed E-state index contributed by atoms with van der Waals surface area (Å²) in [5, 5.41) is 6.45. The first-order valence-corrected chi connectivity index (χ1v) is 6.35. The molecule has 4 N–H and O–H groups in total. The van der Waals surface area contributed by atoms with Gasteiger partial charge in [0.15, 0.2) is 0 Å². The van der Waals surface area contributed by atoms with Gasteiger partial charge in [-0.2, -0.15) is 0 Å². The third kappa shape index (κ3) is 4.22. The van der Waals surface area contributed by atoms with Gasteiger partial charge in [0.05, 0.1) is 0 Å². The Morgan fingerprint density at radius 1 is 1.05 bits per heavy atom. The van der Waals surface area contributed by atoms with Crippen molar-refractivity contribution >= 4 is 11.6 Å². The van der Waals surface area contributed by atoms with Crippen molar-refractivity contribution in [3.05, 3.63) is 47.8 Å². The van der Waals surface area contributed by atoms with Crippen LogP contribution in [0.4, 0.5) is 11.6 Å². The van der Waals surface area contributed by atoms with E-state index in [9.17, 15) is 0 Å². The molecule has 0 fully saturated rings. The summed E-state index contributed by atoms with van der Waals surface area (Å²) in [7, 11) is 0. The van der Waals surface area contributed by atoms with Crippen LogP contribution in [0.2, 0.25) is 0 Å². The minimum Gasteiger partial charge on any atom is -0.369 e. The third-order valence-electron chi connectivity index (χ3n) is 2.60. The predicted molar refractivity (Wildman–Crippen MR) is 78.1 cm³/mol. The van der Waals surface area contributed by atoms with Gasteiger partial charge in [0.25, 0.3) is 0 Å². The zero-order chi connectivity index (χ0) is 13.5. The van der Waals surface area contributed by atoms with Gasteiger partial charge in [-0.1, -0.05) is 30.3 Å². The van der Waals surface area contributed by atoms with E-state index in [1.807, 2.05) is 31.2 Å². The van der Waals surface area contributed by atoms with Crippen molar-refractivity contribution in [2.45, 2.75) is 13.5 Å². The molecule has 0 atom stereocenters. The number of anilines is 2. The highest BCUT2D eigenvalue weighted by Crippen LogP contribution is 2.12. The lowest BCUT2D eigenvalue weighted by molar-refractivity contribution is 0.978. The molecule has 0 aliphatic carbocycles. The molecule has 0 amide bonds. The first-order valence-electron chi connectivity index (χ1n) is 6.35. The van der Waals surface area contributed by atoms with Crippen LogP contribution in [-0.2, 0) is 6.54 Å². The number of aromatic nitrogens is 2. The summed E-state index contributed by atoms with van der Waals surface area (Å²) >= 11 is 0. The van der Waals surface area contributed by atoms with Crippen molar-refractivity contribution in [2.24, 2.45) is 5.73 Å². The first kappa shape index (κ1) is 13.3. The quantitative estimate of drug-likeness (QED) is 0.735. The van der Waals surface area contributed by atoms with Gasteiger partial charge in [0.2, 0.25) is 0 Å². The van der Waals surface area contributed by atoms with Crippen LogP contribution < -0.4 is 16.4 Å². The van der Waals surface area contributed by atoms with Crippen LogP contribution in [0.1, 0.15) is 11.4 Å². The van der Waals surface area contributed by atoms with E-state index in [2.05, 4.69) is 32.7 Å². The Morgan fingerprint density at radius 2 is 1.74 bits per heavy atom. The summed E-state index contributed by atoms with van der Waals surface area (Å²) in [5.74, 6) is 2.35. The molecule has 1 aromatic carbocycles. The first-order chi connectivity index (χ1) is 9.28. The van der Waals surface area contributed by atoms with Crippen molar-refractivity contribution in [3.8, 4) is 0 Å². The largest absolute Gasteiger partial charge is 0.369 e. The topological polar surface area (TPSA) is 75.9 Å². The van der Waals surface area contributed by atoms with Crippen molar-refractivity contribution in [1.29, 1.82) is 0 Å². The summed E-state index contributed by atoms with van der Waals surface area (Å²) in [4.78, 5) is 8.67. The molecule has 1 heterocycles. The molecule has 5 heteroatoms. The monoisotopic (exact) mass is 257 g/mol. The minimum atomic E-state index is 0.579. The molecule has 100 valence electrons. The molecule has 0 saturated heterocycles. The lowest BCUT2D eigenvalue weighted by atomic mass is 10.2. The normalized spacial score (nSPS) is 10.2. The van der Waals surface area contributed by atoms with E-state index in [0.29, 0.717) is 13.1 Å². The highest BCUT2D eigenvalue weighted by molar-refractivity contribution is 5.47. The van der Waals surface area contributed by atoms with E-state index in [-0.39, 0.29) is 0 Å². The predicted octanol–water partition coefficient (Wildman–Crippen LogP) is 1.77. The molecule has 0 unspecified atom stereocenters. The standard InChI is InChI=1S/C14H19N5/c1-11-18-13(16-8-7-15)9-14(19-11)17-10-12-5-3-2-4-6-12/h2-6,9H,7-8,10,15H2,1H3,(H2,16,17,18,19). The van der Waals surface area contributed by atoms with Gasteiger partial charge >= 0.3 is 0 Å². The Balaban J connectivity index is 2.01. The van der Waals surface area contributed by atoms with Crippen LogP contribution in [0.25, 0.3) is 0 Å². The number of nitrogens with one attached hydrogen (secondary N) is 2. The van der Waals surface area contributed by atoms with Gasteiger partial charge in [0, 0.05) is 25.7 Å². The Labute approximate surface area is 113 Å². The van der Waals surface area contributed by atoms with E-state index in [1.54, 1.807) is 0 Å². The fraction of sp³-hybridized carbons (Fsp3) is 0.286. The maximum Gasteiger partial charge on any atom is 0.132 e. The second-order valence-corrected chi connectivity index (χ2v) is 4.24. The summed E-state index contributed by atoms with van der Waals surface area (Å²) in [6.45, 7) is 3.90. The average Bonchev–Trinajstić information content (AvgIpc) is 2.43. The summed E-state index contributed by atoms with van der Waals surface area (Å²) < 4.78 is 0. The summed E-state index contributed by atoms with van der Waals surface area (Å²) in [6, 6.07) is 12.1. The van der Waals surface area contributed by atoms with Gasteiger partial charge in [0.1, 0.15) is 17.5 Å². The second-order valence-electron chi connectivity index (χ2n) is 4.24. The number of hydrogen-bond donors (Lipinski definition) is 3. The van der Waals surface area contributed by atoms with Gasteiger partial charge in [-0.05, 0) is 12.5 Å². The maximum atomic E-state index is 5.47. The molecule has 0 aliphatic heterocycles. The van der Waals surface area contributed by atoms with Crippen LogP contribution in [0, 0.1) is 6.92 Å². The number of nitrogens with two attached hydrogens (primary N) is 1. The van der Waals surface area contributed by atoms with E-state index >= 15 is 0 Å². The van der Waals surface area contributed by atoms with Crippen LogP contribution in [0.5, 0.6) is 0 Å². The summed E-state index contributed by atoms with van der Waals surface area (Å²) in [6.07, 6.45) is 0. The van der Waals surface area contributed by atoms with E-state index in [0.717, 1.165) is 24.0 Å². The van der Waals surface area contributed by atoms with Crippen LogP contribution in [-0.4, -0.2) is 23.1 Å². The molecular weight excluding hydrogens is 238 g/mol. The number of nitrogens with zero attached hydrogens (tertiary/aromatic N) is 2. The third-order valence-corrected chi connectivity index (χ3v) is 2.60. The molecule has 0 bridgehead atoms. The molecule has 0 spiro atoms. The van der Waals surface area contributed by atoms with Crippen molar-refractivity contribution < 1.29 is 0 Å². The van der Waals surface area contributed by atoms with Crippen molar-refractivity contribution in [1.82, 2.24) is 9.97 Å². The fourth-order valence-electron chi connectivity index (χ4n) is 1.74. The van der Waals surface area contributed by atoms with Gasteiger partial charge < -0.3 is 16.4 Å². The highest BCUT2D eigenvalue weighted by atomic mass is 15.1. The summed E-state index contributed by atoms with van der Waals surface area (Å²) in [5.41, 5.74) is 6.68. The molecule has 2 aromatic rings. The molecule has 19 heavy (non-hydrogen) atoms. The Hall–Kier alpha value is -2.14. The molecular formula is C14H19N5.